The van der Waals surface area contributed by atoms with Crippen molar-refractivity contribution in [2.24, 2.45) is 52.3 Å². The highest BCUT2D eigenvalue weighted by Crippen LogP contribution is 2.68. The molecule has 0 radical (unpaired) electrons. The highest BCUT2D eigenvalue weighted by atomic mass is 31.0. The SMILES string of the molecule is CC[C@H]1C(=O)C2C3CC[C@H]([C@H](C)CCC(=O)O)[C@@]3(C)CCC2[C@@]2(C)CC[C@@H](OP)C[C@@H]12. The maximum absolute atomic E-state index is 14.0. The minimum Gasteiger partial charge on any atom is -0.481 e. The van der Waals surface area contributed by atoms with Crippen LogP contribution in [0.1, 0.15) is 91.9 Å². The third-order valence-electron chi connectivity index (χ3n) is 10.9. The van der Waals surface area contributed by atoms with Crippen LogP contribution in [0, 0.1) is 52.3 Å². The largest absolute Gasteiger partial charge is 0.481 e. The molecule has 0 saturated heterocycles. The molecule has 31 heavy (non-hydrogen) atoms. The van der Waals surface area contributed by atoms with Gasteiger partial charge in [0.2, 0.25) is 0 Å². The summed E-state index contributed by atoms with van der Waals surface area (Å²) in [5.74, 6) is 2.71. The Balaban J connectivity index is 1.61. The Morgan fingerprint density at radius 3 is 2.45 bits per heavy atom. The van der Waals surface area contributed by atoms with E-state index in [0.29, 0.717) is 35.4 Å². The first-order valence-corrected chi connectivity index (χ1v) is 13.3. The predicted molar refractivity (Wildman–Crippen MR) is 125 cm³/mol. The van der Waals surface area contributed by atoms with Gasteiger partial charge in [-0.2, -0.15) is 0 Å². The van der Waals surface area contributed by atoms with Crippen LogP contribution in [0.15, 0.2) is 0 Å². The molecular weight excluding hydrogens is 407 g/mol. The molecule has 4 unspecified atom stereocenters. The lowest BCUT2D eigenvalue weighted by Crippen LogP contribution is -2.60. The minimum atomic E-state index is -0.687. The fourth-order valence-corrected chi connectivity index (χ4v) is 9.52. The van der Waals surface area contributed by atoms with E-state index < -0.39 is 5.97 Å². The molecule has 4 fully saturated rings. The number of Topliss-reactive ketones (excluding diaryl/α,β-unsaturated/α-hetero) is 1. The quantitative estimate of drug-likeness (QED) is 0.494. The van der Waals surface area contributed by atoms with Crippen LogP contribution in [0.25, 0.3) is 0 Å². The average molecular weight is 451 g/mol. The van der Waals surface area contributed by atoms with Crippen LogP contribution in [-0.4, -0.2) is 23.0 Å². The van der Waals surface area contributed by atoms with Gasteiger partial charge >= 0.3 is 5.97 Å². The third kappa shape index (κ3) is 3.72. The number of carbonyl (C=O) groups is 2. The fraction of sp³-hybridized carbons (Fsp3) is 0.923. The number of carboxylic acid groups (broad SMARTS) is 1. The number of carbonyl (C=O) groups excluding carboxylic acids is 1. The van der Waals surface area contributed by atoms with E-state index in [4.69, 9.17) is 9.63 Å². The van der Waals surface area contributed by atoms with Crippen LogP contribution in [0.5, 0.6) is 0 Å². The first kappa shape index (κ1) is 23.7. The van der Waals surface area contributed by atoms with E-state index in [1.165, 1.54) is 25.7 Å². The van der Waals surface area contributed by atoms with Crippen molar-refractivity contribution in [2.45, 2.75) is 98.0 Å². The first-order valence-electron chi connectivity index (χ1n) is 12.8. The number of fused-ring (bicyclic) bond motifs is 5. The van der Waals surface area contributed by atoms with Crippen LogP contribution in [0.2, 0.25) is 0 Å². The van der Waals surface area contributed by atoms with Gasteiger partial charge in [-0.15, -0.1) is 0 Å². The fourth-order valence-electron chi connectivity index (χ4n) is 9.27. The number of rotatable bonds is 6. The molecule has 5 heteroatoms. The van der Waals surface area contributed by atoms with E-state index in [9.17, 15) is 9.59 Å². The van der Waals surface area contributed by atoms with Crippen LogP contribution in [0.3, 0.4) is 0 Å². The Morgan fingerprint density at radius 2 is 1.81 bits per heavy atom. The van der Waals surface area contributed by atoms with E-state index in [-0.39, 0.29) is 35.2 Å². The van der Waals surface area contributed by atoms with Crippen LogP contribution in [-0.2, 0) is 14.1 Å². The maximum atomic E-state index is 14.0. The van der Waals surface area contributed by atoms with Crippen molar-refractivity contribution in [1.82, 2.24) is 0 Å². The molecule has 4 aliphatic rings. The number of hydrogen-bond donors (Lipinski definition) is 1. The Bertz CT molecular complexity index is 710. The predicted octanol–water partition coefficient (Wildman–Crippen LogP) is 6.14. The van der Waals surface area contributed by atoms with Crippen molar-refractivity contribution in [3.05, 3.63) is 0 Å². The molecule has 4 nitrogen and oxygen atoms in total. The van der Waals surface area contributed by atoms with Crippen LogP contribution in [0.4, 0.5) is 0 Å². The smallest absolute Gasteiger partial charge is 0.303 e. The summed E-state index contributed by atoms with van der Waals surface area (Å²) < 4.78 is 5.68. The summed E-state index contributed by atoms with van der Waals surface area (Å²) in [5.41, 5.74) is 0.448. The number of ketones is 1. The topological polar surface area (TPSA) is 63.6 Å². The van der Waals surface area contributed by atoms with Gasteiger partial charge in [0.25, 0.3) is 0 Å². The van der Waals surface area contributed by atoms with Gasteiger partial charge in [-0.05, 0) is 98.2 Å². The molecule has 1 N–H and O–H groups in total. The van der Waals surface area contributed by atoms with Crippen molar-refractivity contribution >= 4 is 21.2 Å². The summed E-state index contributed by atoms with van der Waals surface area (Å²) in [6, 6.07) is 0. The lowest BCUT2D eigenvalue weighted by Gasteiger charge is -2.62. The van der Waals surface area contributed by atoms with E-state index >= 15 is 0 Å². The molecule has 0 aromatic rings. The summed E-state index contributed by atoms with van der Waals surface area (Å²) in [6.45, 7) is 9.42. The molecule has 4 saturated carbocycles. The lowest BCUT2D eigenvalue weighted by molar-refractivity contribution is -0.172. The first-order chi connectivity index (χ1) is 14.7. The Morgan fingerprint density at radius 1 is 1.13 bits per heavy atom. The Kier molecular flexibility index (Phi) is 6.65. The molecule has 0 aromatic carbocycles. The molecule has 11 atom stereocenters. The Hall–Kier alpha value is -0.470. The van der Waals surface area contributed by atoms with Crippen LogP contribution >= 0.6 is 9.47 Å². The van der Waals surface area contributed by atoms with Crippen LogP contribution < -0.4 is 0 Å². The number of aliphatic carboxylic acids is 1. The zero-order chi connectivity index (χ0) is 22.6. The van der Waals surface area contributed by atoms with E-state index in [1.807, 2.05) is 0 Å². The summed E-state index contributed by atoms with van der Waals surface area (Å²) in [4.78, 5) is 25.2. The van der Waals surface area contributed by atoms with Gasteiger partial charge in [-0.3, -0.25) is 9.59 Å². The standard InChI is InChI=1S/C26H43O4P/c1-5-17-21-14-16(30-31)10-12-26(21,4)20-11-13-25(3)18(15(2)6-9-22(27)28)7-8-19(25)23(20)24(17)29/h15-21,23H,5-14,31H2,1-4H3,(H,27,28)/t15-,16-,17-,18-,19?,20?,21+,23?,25-,26-/m1/s1. The number of hydrogen-bond acceptors (Lipinski definition) is 3. The highest BCUT2D eigenvalue weighted by Gasteiger charge is 2.65. The second-order valence-corrected chi connectivity index (χ2v) is 12.2. The van der Waals surface area contributed by atoms with Crippen molar-refractivity contribution in [2.75, 3.05) is 0 Å². The van der Waals surface area contributed by atoms with Gasteiger partial charge in [0.15, 0.2) is 0 Å². The van der Waals surface area contributed by atoms with Crippen molar-refractivity contribution < 1.29 is 19.2 Å². The van der Waals surface area contributed by atoms with Gasteiger partial charge in [-0.25, -0.2) is 0 Å². The van der Waals surface area contributed by atoms with E-state index in [0.717, 1.165) is 32.1 Å². The van der Waals surface area contributed by atoms with Gasteiger partial charge in [0, 0.05) is 27.7 Å². The maximum Gasteiger partial charge on any atom is 0.303 e. The van der Waals surface area contributed by atoms with Crippen molar-refractivity contribution in [3.63, 3.8) is 0 Å². The van der Waals surface area contributed by atoms with Gasteiger partial charge in [0.1, 0.15) is 5.78 Å². The van der Waals surface area contributed by atoms with E-state index in [1.54, 1.807) is 0 Å². The van der Waals surface area contributed by atoms with E-state index in [2.05, 4.69) is 37.2 Å². The third-order valence-corrected chi connectivity index (χ3v) is 11.3. The average Bonchev–Trinajstić information content (AvgIpc) is 3.09. The zero-order valence-corrected chi connectivity index (χ0v) is 21.1. The second-order valence-electron chi connectivity index (χ2n) is 11.9. The molecule has 0 spiro atoms. The van der Waals surface area contributed by atoms with Gasteiger partial charge in [0.05, 0.1) is 6.10 Å². The van der Waals surface area contributed by atoms with Gasteiger partial charge in [-0.1, -0.05) is 27.7 Å². The highest BCUT2D eigenvalue weighted by molar-refractivity contribution is 7.09. The summed E-state index contributed by atoms with van der Waals surface area (Å²) in [7, 11) is 2.46. The molecule has 0 aliphatic heterocycles. The summed E-state index contributed by atoms with van der Waals surface area (Å²) in [5, 5.41) is 9.17. The molecule has 0 heterocycles. The molecular formula is C26H43O4P. The van der Waals surface area contributed by atoms with Crippen molar-refractivity contribution in [3.8, 4) is 0 Å². The Labute approximate surface area is 190 Å². The molecule has 0 bridgehead atoms. The number of carboxylic acids is 1. The van der Waals surface area contributed by atoms with Crippen molar-refractivity contribution in [1.29, 1.82) is 0 Å². The summed E-state index contributed by atoms with van der Waals surface area (Å²) >= 11 is 0. The zero-order valence-electron chi connectivity index (χ0n) is 19.9. The molecule has 176 valence electrons. The molecule has 0 aromatic heterocycles. The normalized spacial score (nSPS) is 47.9. The lowest BCUT2D eigenvalue weighted by atomic mass is 9.42. The molecule has 0 amide bonds. The summed E-state index contributed by atoms with van der Waals surface area (Å²) in [6.07, 6.45) is 10.3. The monoisotopic (exact) mass is 450 g/mol. The molecule has 4 aliphatic carbocycles. The van der Waals surface area contributed by atoms with Gasteiger partial charge < -0.3 is 9.63 Å². The molecule has 4 rings (SSSR count). The minimum absolute atomic E-state index is 0.181. The second kappa shape index (κ2) is 8.71.